The second-order valence-corrected chi connectivity index (χ2v) is 12.7. The highest BCUT2D eigenvalue weighted by Crippen LogP contribution is 2.85. The number of Topliss-reactive ketones (excluding diaryl/α,β-unsaturated/α-hetero) is 1. The van der Waals surface area contributed by atoms with Crippen molar-refractivity contribution < 1.29 is 23.9 Å². The van der Waals surface area contributed by atoms with Crippen LogP contribution >= 0.6 is 21.6 Å². The minimum atomic E-state index is -0.781. The molecule has 4 heterocycles. The topological polar surface area (TPSA) is 85.8 Å². The van der Waals surface area contributed by atoms with Gasteiger partial charge >= 0.3 is 0 Å². The first-order valence-electron chi connectivity index (χ1n) is 10.6. The number of imide groups is 1. The highest BCUT2D eigenvalue weighted by atomic mass is 35.5. The van der Waals surface area contributed by atoms with Crippen LogP contribution in [0.15, 0.2) is 48.0 Å². The molecule has 0 saturated carbocycles. The van der Waals surface area contributed by atoms with Gasteiger partial charge in [0.25, 0.3) is 0 Å². The number of rotatable bonds is 8. The van der Waals surface area contributed by atoms with E-state index in [0.717, 1.165) is 4.90 Å². The lowest BCUT2D eigenvalue weighted by atomic mass is 9.86. The lowest BCUT2D eigenvalue weighted by molar-refractivity contribution is -0.125. The predicted molar refractivity (Wildman–Crippen MR) is 127 cm³/mol. The Labute approximate surface area is 198 Å². The van der Waals surface area contributed by atoms with E-state index in [9.17, 15) is 14.4 Å². The second-order valence-electron chi connectivity index (χ2n) is 8.48. The highest BCUT2D eigenvalue weighted by molar-refractivity contribution is 8.43. The molecule has 2 saturated heterocycles. The Bertz CT molecular complexity index is 1170. The normalized spacial score (nSPS) is 30.2. The van der Waals surface area contributed by atoms with Crippen molar-refractivity contribution in [3.63, 3.8) is 0 Å². The number of allylic oxidation sites excluding steroid dienone is 1. The molecule has 5 unspecified atom stereocenters. The van der Waals surface area contributed by atoms with E-state index >= 15 is 0 Å². The quantitative estimate of drug-likeness (QED) is 0.320. The number of nitrogens with zero attached hydrogens (tertiary/aromatic N) is 2. The summed E-state index contributed by atoms with van der Waals surface area (Å²) in [5.41, 5.74) is 0.400. The minimum absolute atomic E-state index is 0.166. The van der Waals surface area contributed by atoms with Crippen molar-refractivity contribution in [3.05, 3.63) is 58.6 Å². The summed E-state index contributed by atoms with van der Waals surface area (Å²) in [6, 6.07) is 7.90. The molecule has 1 aromatic carbocycles. The van der Waals surface area contributed by atoms with Crippen molar-refractivity contribution in [1.29, 1.82) is 0 Å². The van der Waals surface area contributed by atoms with Gasteiger partial charge in [0, 0.05) is 22.0 Å². The van der Waals surface area contributed by atoms with E-state index < -0.39 is 10.0 Å². The molecule has 2 aromatic rings. The number of aromatic nitrogens is 1. The summed E-state index contributed by atoms with van der Waals surface area (Å²) in [5.74, 6) is 1.93. The molecule has 3 aliphatic rings. The zero-order valence-electron chi connectivity index (χ0n) is 18.1. The highest BCUT2D eigenvalue weighted by Gasteiger charge is 2.68. The molecule has 7 nitrogen and oxygen atoms in total. The van der Waals surface area contributed by atoms with E-state index in [4.69, 9.17) is 21.1 Å². The number of hydrogen-bond donors (Lipinski definition) is 0. The van der Waals surface area contributed by atoms with Gasteiger partial charge in [-0.05, 0) is 41.5 Å². The summed E-state index contributed by atoms with van der Waals surface area (Å²) in [7, 11) is 0.719. The predicted octanol–water partition coefficient (Wildman–Crippen LogP) is 3.84. The van der Waals surface area contributed by atoms with E-state index in [2.05, 4.69) is 23.4 Å². The van der Waals surface area contributed by atoms with Crippen molar-refractivity contribution in [1.82, 2.24) is 4.98 Å². The maximum Gasteiger partial charge on any atom is 0.239 e. The lowest BCUT2D eigenvalue weighted by Gasteiger charge is -2.32. The molecule has 5 rings (SSSR count). The van der Waals surface area contributed by atoms with Crippen LogP contribution in [0.3, 0.4) is 0 Å². The molecule has 5 atom stereocenters. The number of anilines is 1. The molecule has 172 valence electrons. The van der Waals surface area contributed by atoms with Gasteiger partial charge in [-0.3, -0.25) is 14.4 Å². The smallest absolute Gasteiger partial charge is 0.239 e. The zero-order valence-corrected chi connectivity index (χ0v) is 19.7. The Morgan fingerprint density at radius 3 is 2.70 bits per heavy atom. The standard InChI is InChI=1S/C24H23ClN2O5S/c1-14-23(17-7-8-33(14)12-21(17)33)24(30)27(13-28)22-6-4-16(10-26-22)32-11-19(29)15-3-5-20(31-2)18(25)9-15/h3-10,13-14,17,21,23H,11-12H2,1-2H3. The fourth-order valence-electron chi connectivity index (χ4n) is 5.07. The zero-order chi connectivity index (χ0) is 23.3. The van der Waals surface area contributed by atoms with Gasteiger partial charge in [0.15, 0.2) is 12.4 Å². The first kappa shape index (κ1) is 22.0. The van der Waals surface area contributed by atoms with E-state index in [1.54, 1.807) is 24.3 Å². The fraction of sp³-hybridized carbons (Fsp3) is 0.333. The Hall–Kier alpha value is -2.84. The van der Waals surface area contributed by atoms with Gasteiger partial charge in [0.1, 0.15) is 17.3 Å². The molecule has 1 aromatic heterocycles. The van der Waals surface area contributed by atoms with Crippen molar-refractivity contribution >= 4 is 45.5 Å². The maximum atomic E-state index is 13.2. The number of amides is 2. The monoisotopic (exact) mass is 486 g/mol. The fourth-order valence-corrected chi connectivity index (χ4v) is 10.1. The van der Waals surface area contributed by atoms with E-state index in [-0.39, 0.29) is 36.0 Å². The number of hydrogen-bond acceptors (Lipinski definition) is 6. The number of methoxy groups -OCH3 is 1. The van der Waals surface area contributed by atoms with Crippen LogP contribution < -0.4 is 14.4 Å². The molecule has 0 radical (unpaired) electrons. The summed E-state index contributed by atoms with van der Waals surface area (Å²) in [6.07, 6.45) is 4.11. The third-order valence-corrected chi connectivity index (χ3v) is 11.7. The Kier molecular flexibility index (Phi) is 5.45. The summed E-state index contributed by atoms with van der Waals surface area (Å²) < 4.78 is 10.6. The molecular weight excluding hydrogens is 464 g/mol. The first-order valence-corrected chi connectivity index (χ1v) is 13.0. The number of halogens is 1. The summed E-state index contributed by atoms with van der Waals surface area (Å²) in [4.78, 5) is 42.7. The van der Waals surface area contributed by atoms with E-state index in [1.807, 2.05) is 0 Å². The third-order valence-electron chi connectivity index (χ3n) is 6.94. The minimum Gasteiger partial charge on any atom is -0.495 e. The van der Waals surface area contributed by atoms with Gasteiger partial charge in [-0.15, -0.1) is 0 Å². The van der Waals surface area contributed by atoms with Gasteiger partial charge in [0.05, 0.1) is 24.2 Å². The first-order chi connectivity index (χ1) is 15.9. The second kappa shape index (κ2) is 8.18. The number of carbonyl (C=O) groups excluding carboxylic acids is 3. The third kappa shape index (κ3) is 3.52. The van der Waals surface area contributed by atoms with Gasteiger partial charge in [0.2, 0.25) is 12.3 Å². The Balaban J connectivity index is 1.23. The molecule has 2 fully saturated rings. The Morgan fingerprint density at radius 2 is 2.12 bits per heavy atom. The molecule has 2 amide bonds. The van der Waals surface area contributed by atoms with Gasteiger partial charge in [-0.1, -0.05) is 24.6 Å². The van der Waals surface area contributed by atoms with Gasteiger partial charge in [-0.2, -0.15) is 0 Å². The lowest BCUT2D eigenvalue weighted by Crippen LogP contribution is -2.42. The van der Waals surface area contributed by atoms with Crippen LogP contribution in [-0.2, 0) is 9.59 Å². The number of ether oxygens (including phenoxy) is 2. The van der Waals surface area contributed by atoms with Gasteiger partial charge < -0.3 is 9.47 Å². The van der Waals surface area contributed by atoms with Crippen molar-refractivity contribution in [2.75, 3.05) is 24.4 Å². The van der Waals surface area contributed by atoms with Crippen LogP contribution in [0.1, 0.15) is 17.3 Å². The largest absolute Gasteiger partial charge is 0.495 e. The summed E-state index contributed by atoms with van der Waals surface area (Å²) >= 11 is 6.07. The molecule has 2 bridgehead atoms. The Morgan fingerprint density at radius 1 is 1.30 bits per heavy atom. The molecule has 0 aliphatic carbocycles. The van der Waals surface area contributed by atoms with E-state index in [0.29, 0.717) is 39.0 Å². The number of carbonyl (C=O) groups is 3. The van der Waals surface area contributed by atoms with Crippen LogP contribution in [0.2, 0.25) is 5.02 Å². The summed E-state index contributed by atoms with van der Waals surface area (Å²) in [5, 5.41) is 3.60. The van der Waals surface area contributed by atoms with Gasteiger partial charge in [-0.25, -0.2) is 19.9 Å². The molecule has 3 aliphatic heterocycles. The molecule has 0 spiro atoms. The van der Waals surface area contributed by atoms with Crippen LogP contribution in [0.5, 0.6) is 11.5 Å². The molecular formula is C24H23ClN2O5S. The van der Waals surface area contributed by atoms with Crippen LogP contribution in [0, 0.1) is 11.8 Å². The number of ketones is 1. The van der Waals surface area contributed by atoms with Crippen molar-refractivity contribution in [2.24, 2.45) is 11.8 Å². The average molecular weight is 487 g/mol. The summed E-state index contributed by atoms with van der Waals surface area (Å²) in [6.45, 7) is 1.93. The van der Waals surface area contributed by atoms with Crippen LogP contribution in [0.4, 0.5) is 5.82 Å². The van der Waals surface area contributed by atoms with Crippen molar-refractivity contribution in [2.45, 2.75) is 17.4 Å². The maximum absolute atomic E-state index is 13.2. The molecule has 9 heteroatoms. The van der Waals surface area contributed by atoms with Crippen molar-refractivity contribution in [3.8, 4) is 11.5 Å². The number of pyridine rings is 1. The molecule has 33 heavy (non-hydrogen) atoms. The van der Waals surface area contributed by atoms with Crippen LogP contribution in [-0.4, -0.2) is 53.1 Å². The van der Waals surface area contributed by atoms with Crippen LogP contribution in [0.25, 0.3) is 0 Å². The van der Waals surface area contributed by atoms with E-state index in [1.165, 1.54) is 25.1 Å². The SMILES string of the molecule is COc1ccc(C(=O)COc2ccc(N(C=O)C(=O)C3C4C=CS5(CC45)C3C)nc2)cc1Cl. The average Bonchev–Trinajstić information content (AvgIpc) is 3.38. The molecule has 0 N–H and O–H groups in total. The number of benzene rings is 1.